The van der Waals surface area contributed by atoms with E-state index in [2.05, 4.69) is 5.32 Å². The molecule has 0 saturated carbocycles. The van der Waals surface area contributed by atoms with Crippen molar-refractivity contribution in [3.05, 3.63) is 86.9 Å². The van der Waals surface area contributed by atoms with Crippen molar-refractivity contribution in [3.63, 3.8) is 0 Å². The third kappa shape index (κ3) is 4.25. The van der Waals surface area contributed by atoms with Gasteiger partial charge in [-0.25, -0.2) is 13.2 Å². The minimum atomic E-state index is -1.85. The van der Waals surface area contributed by atoms with E-state index in [0.717, 1.165) is 18.4 Å². The van der Waals surface area contributed by atoms with Crippen molar-refractivity contribution in [1.29, 1.82) is 0 Å². The van der Waals surface area contributed by atoms with Crippen LogP contribution in [0.1, 0.15) is 58.0 Å². The van der Waals surface area contributed by atoms with Crippen LogP contribution in [0.15, 0.2) is 42.5 Å². The highest BCUT2D eigenvalue weighted by Crippen LogP contribution is 2.52. The first-order chi connectivity index (χ1) is 18.2. The second-order valence-corrected chi connectivity index (χ2v) is 10.2. The van der Waals surface area contributed by atoms with Crippen LogP contribution in [0.3, 0.4) is 0 Å². The summed E-state index contributed by atoms with van der Waals surface area (Å²) < 4.78 is 52.7. The Hall–Kier alpha value is -3.07. The van der Waals surface area contributed by atoms with Gasteiger partial charge in [0.1, 0.15) is 23.0 Å². The molecule has 3 aromatic carbocycles. The van der Waals surface area contributed by atoms with Crippen LogP contribution in [0.4, 0.5) is 13.2 Å². The van der Waals surface area contributed by atoms with Gasteiger partial charge in [0.25, 0.3) is 5.91 Å². The molecule has 3 atom stereocenters. The average molecular weight is 545 g/mol. The maximum Gasteiger partial charge on any atom is 0.251 e. The monoisotopic (exact) mass is 544 g/mol. The van der Waals surface area contributed by atoms with E-state index in [1.807, 2.05) is 30.3 Å². The first-order valence-electron chi connectivity index (χ1n) is 12.6. The molecule has 3 unspecified atom stereocenters. The summed E-state index contributed by atoms with van der Waals surface area (Å²) in [6.45, 7) is 0.501. The molecule has 0 spiro atoms. The van der Waals surface area contributed by atoms with Crippen LogP contribution in [-0.4, -0.2) is 30.7 Å². The van der Waals surface area contributed by atoms with E-state index >= 15 is 8.78 Å². The van der Waals surface area contributed by atoms with Crippen LogP contribution >= 0.6 is 11.6 Å². The quantitative estimate of drug-likeness (QED) is 0.341. The largest absolute Gasteiger partial charge is 0.482 e. The number of carbonyl (C=O) groups excluding carboxylic acids is 1. The summed E-state index contributed by atoms with van der Waals surface area (Å²) in [5.74, 6) is -2.24. The van der Waals surface area contributed by atoms with Gasteiger partial charge in [-0.3, -0.25) is 4.79 Å². The molecule has 4 N–H and O–H groups in total. The van der Waals surface area contributed by atoms with Crippen molar-refractivity contribution in [2.75, 3.05) is 13.6 Å². The van der Waals surface area contributed by atoms with Crippen LogP contribution in [0.2, 0.25) is 5.02 Å². The van der Waals surface area contributed by atoms with Crippen LogP contribution in [0, 0.1) is 11.6 Å². The predicted octanol–water partition coefficient (Wildman–Crippen LogP) is 5.53. The minimum Gasteiger partial charge on any atom is -0.482 e. The number of unbranched alkanes of at least 4 members (excludes halogenated alkanes) is 1. The van der Waals surface area contributed by atoms with E-state index in [1.165, 1.54) is 19.2 Å². The summed E-state index contributed by atoms with van der Waals surface area (Å²) >= 11 is 6.51. The summed E-state index contributed by atoms with van der Waals surface area (Å²) in [5, 5.41) is 12.2. The molecule has 1 amide bonds. The molecule has 5 nitrogen and oxygen atoms in total. The summed E-state index contributed by atoms with van der Waals surface area (Å²) in [6.07, 6.45) is -1.28. The van der Waals surface area contributed by atoms with Crippen LogP contribution in [-0.2, 0) is 18.4 Å². The SMILES string of the molecule is CNC(=O)c1cc2c(c(F)c1-c1c(Cl)c(F)cc3c1CC(CCCCN)(c1ccccc1)O3)CC(O)C2F. The molecule has 200 valence electrons. The third-order valence-corrected chi connectivity index (χ3v) is 7.93. The Morgan fingerprint density at radius 1 is 1.18 bits per heavy atom. The van der Waals surface area contributed by atoms with Gasteiger partial charge in [-0.1, -0.05) is 41.9 Å². The van der Waals surface area contributed by atoms with Crippen molar-refractivity contribution in [1.82, 2.24) is 5.32 Å². The molecule has 0 saturated heterocycles. The van der Waals surface area contributed by atoms with E-state index in [4.69, 9.17) is 22.1 Å². The first kappa shape index (κ1) is 26.5. The van der Waals surface area contributed by atoms with Gasteiger partial charge in [-0.15, -0.1) is 0 Å². The Labute approximate surface area is 223 Å². The molecule has 1 aliphatic heterocycles. The lowest BCUT2D eigenvalue weighted by molar-refractivity contribution is 0.0793. The predicted molar refractivity (Wildman–Crippen MR) is 139 cm³/mol. The normalized spacial score (nSPS) is 21.7. The highest BCUT2D eigenvalue weighted by Gasteiger charge is 2.44. The van der Waals surface area contributed by atoms with Crippen molar-refractivity contribution in [2.45, 2.75) is 50.0 Å². The minimum absolute atomic E-state index is 0.00556. The number of nitrogens with two attached hydrogens (primary N) is 1. The van der Waals surface area contributed by atoms with Gasteiger partial charge in [-0.2, -0.15) is 0 Å². The standard InChI is InChI=1S/C29H28ClF3N2O3/c1-35-28(37)18-11-16-17(12-21(36)26(16)32)27(33)24(18)23-19-14-29(9-5-6-10-34,15-7-3-2-4-8-15)38-22(19)13-20(31)25(23)30/h2-4,7-8,11,13,21,26,36H,5-6,9-10,12,14,34H2,1H3,(H,35,37). The van der Waals surface area contributed by atoms with E-state index in [9.17, 15) is 14.3 Å². The number of carbonyl (C=O) groups is 1. The summed E-state index contributed by atoms with van der Waals surface area (Å²) in [7, 11) is 1.36. The van der Waals surface area contributed by atoms with E-state index < -0.39 is 35.4 Å². The van der Waals surface area contributed by atoms with Gasteiger partial charge in [0.15, 0.2) is 6.17 Å². The molecule has 0 fully saturated rings. The van der Waals surface area contributed by atoms with E-state index in [0.29, 0.717) is 18.5 Å². The lowest BCUT2D eigenvalue weighted by Gasteiger charge is -2.29. The number of alkyl halides is 1. The second kappa shape index (κ2) is 10.2. The van der Waals surface area contributed by atoms with Crippen molar-refractivity contribution in [3.8, 4) is 16.9 Å². The number of hydrogen-bond acceptors (Lipinski definition) is 4. The Morgan fingerprint density at radius 2 is 1.92 bits per heavy atom. The molecule has 2 aliphatic rings. The third-order valence-electron chi connectivity index (χ3n) is 7.56. The molecule has 3 aromatic rings. The van der Waals surface area contributed by atoms with Gasteiger partial charge in [0, 0.05) is 42.6 Å². The molecule has 0 radical (unpaired) electrons. The Bertz CT molecular complexity index is 1400. The number of aliphatic hydroxyl groups is 1. The number of rotatable bonds is 7. The number of halogens is 4. The maximum absolute atomic E-state index is 16.2. The van der Waals surface area contributed by atoms with Gasteiger partial charge >= 0.3 is 0 Å². The maximum atomic E-state index is 16.2. The fraction of sp³-hybridized carbons (Fsp3) is 0.345. The number of ether oxygens (including phenoxy) is 1. The zero-order valence-corrected chi connectivity index (χ0v) is 21.5. The van der Waals surface area contributed by atoms with Gasteiger partial charge < -0.3 is 20.9 Å². The highest BCUT2D eigenvalue weighted by atomic mass is 35.5. The van der Waals surface area contributed by atoms with Crippen LogP contribution < -0.4 is 15.8 Å². The van der Waals surface area contributed by atoms with Gasteiger partial charge in [0.05, 0.1) is 16.7 Å². The topological polar surface area (TPSA) is 84.6 Å². The Kier molecular flexibility index (Phi) is 7.15. The fourth-order valence-corrected chi connectivity index (χ4v) is 5.95. The summed E-state index contributed by atoms with van der Waals surface area (Å²) in [5.41, 5.74) is 5.56. The van der Waals surface area contributed by atoms with Crippen molar-refractivity contribution in [2.24, 2.45) is 5.73 Å². The molecular formula is C29H28ClF3N2O3. The van der Waals surface area contributed by atoms with Crippen molar-refractivity contribution < 1.29 is 27.8 Å². The lowest BCUT2D eigenvalue weighted by atomic mass is 9.82. The van der Waals surface area contributed by atoms with E-state index in [1.54, 1.807) is 0 Å². The lowest BCUT2D eigenvalue weighted by Crippen LogP contribution is -2.31. The van der Waals surface area contributed by atoms with Crippen molar-refractivity contribution >= 4 is 17.5 Å². The number of benzene rings is 3. The van der Waals surface area contributed by atoms with E-state index in [-0.39, 0.29) is 51.4 Å². The molecule has 9 heteroatoms. The molecule has 1 aliphatic carbocycles. The first-order valence-corrected chi connectivity index (χ1v) is 13.0. The van der Waals surface area contributed by atoms with Crippen LogP contribution in [0.25, 0.3) is 11.1 Å². The molecule has 38 heavy (non-hydrogen) atoms. The highest BCUT2D eigenvalue weighted by molar-refractivity contribution is 6.34. The van der Waals surface area contributed by atoms with Gasteiger partial charge in [-0.05, 0) is 48.6 Å². The Morgan fingerprint density at radius 3 is 2.61 bits per heavy atom. The number of aliphatic hydroxyl groups excluding tert-OH is 1. The molecular weight excluding hydrogens is 517 g/mol. The molecule has 0 bridgehead atoms. The number of fused-ring (bicyclic) bond motifs is 2. The molecule has 0 aromatic heterocycles. The number of nitrogens with one attached hydrogen (secondary N) is 1. The Balaban J connectivity index is 1.74. The number of hydrogen-bond donors (Lipinski definition) is 3. The second-order valence-electron chi connectivity index (χ2n) is 9.84. The molecule has 5 rings (SSSR count). The van der Waals surface area contributed by atoms with Crippen LogP contribution in [0.5, 0.6) is 5.75 Å². The molecule has 1 heterocycles. The number of amides is 1. The zero-order chi connectivity index (χ0) is 27.2. The zero-order valence-electron chi connectivity index (χ0n) is 20.8. The average Bonchev–Trinajstić information content (AvgIpc) is 3.43. The fourth-order valence-electron chi connectivity index (χ4n) is 5.68. The smallest absolute Gasteiger partial charge is 0.251 e. The van der Waals surface area contributed by atoms with Gasteiger partial charge in [0.2, 0.25) is 0 Å². The summed E-state index contributed by atoms with van der Waals surface area (Å²) in [4.78, 5) is 12.9. The summed E-state index contributed by atoms with van der Waals surface area (Å²) in [6, 6.07) is 11.9.